The molecule has 0 bridgehead atoms. The average Bonchev–Trinajstić information content (AvgIpc) is 2.88. The minimum absolute atomic E-state index is 0.720. The zero-order chi connectivity index (χ0) is 15.0. The second-order valence-electron chi connectivity index (χ2n) is 8.21. The van der Waals surface area contributed by atoms with Crippen LogP contribution in [0.1, 0.15) is 46.5 Å². The van der Waals surface area contributed by atoms with E-state index >= 15 is 0 Å². The van der Waals surface area contributed by atoms with E-state index in [1.807, 2.05) is 0 Å². The highest BCUT2D eigenvalue weighted by atomic mass is 15.3. The highest BCUT2D eigenvalue weighted by Gasteiger charge is 2.39. The number of hydrogen-bond donors (Lipinski definition) is 1. The molecule has 0 aromatic carbocycles. The molecule has 0 spiro atoms. The molecule has 2 saturated heterocycles. The number of rotatable bonds is 3. The fourth-order valence-corrected chi connectivity index (χ4v) is 5.32. The smallest absolute Gasteiger partial charge is 0.0224 e. The van der Waals surface area contributed by atoms with Gasteiger partial charge < -0.3 is 5.32 Å². The lowest BCUT2D eigenvalue weighted by Crippen LogP contribution is -2.58. The first-order valence-electron chi connectivity index (χ1n) is 9.23. The highest BCUT2D eigenvalue weighted by molar-refractivity contribution is 4.94. The summed E-state index contributed by atoms with van der Waals surface area (Å²) in [6.07, 6.45) is 5.63. The van der Waals surface area contributed by atoms with Gasteiger partial charge in [0.1, 0.15) is 0 Å². The van der Waals surface area contributed by atoms with Gasteiger partial charge in [0.2, 0.25) is 0 Å². The normalized spacial score (nSPS) is 45.7. The molecule has 0 radical (unpaired) electrons. The maximum atomic E-state index is 3.63. The largest absolute Gasteiger partial charge is 0.317 e. The summed E-state index contributed by atoms with van der Waals surface area (Å²) in [5, 5.41) is 3.63. The van der Waals surface area contributed by atoms with Crippen molar-refractivity contribution in [3.8, 4) is 0 Å². The van der Waals surface area contributed by atoms with Crippen LogP contribution in [0.5, 0.6) is 0 Å². The van der Waals surface area contributed by atoms with Crippen molar-refractivity contribution in [2.75, 3.05) is 33.2 Å². The number of fused-ring (bicyclic) bond motifs is 1. The van der Waals surface area contributed by atoms with E-state index in [0.717, 1.165) is 35.9 Å². The van der Waals surface area contributed by atoms with Crippen LogP contribution in [0.3, 0.4) is 0 Å². The zero-order valence-corrected chi connectivity index (χ0v) is 14.5. The van der Waals surface area contributed by atoms with Gasteiger partial charge in [0, 0.05) is 37.8 Å². The molecule has 0 aromatic rings. The highest BCUT2D eigenvalue weighted by Crippen LogP contribution is 2.35. The molecule has 3 nitrogen and oxygen atoms in total. The van der Waals surface area contributed by atoms with Crippen LogP contribution in [-0.2, 0) is 0 Å². The Morgan fingerprint density at radius 2 is 1.90 bits per heavy atom. The number of nitrogens with one attached hydrogen (secondary N) is 1. The van der Waals surface area contributed by atoms with E-state index in [-0.39, 0.29) is 0 Å². The van der Waals surface area contributed by atoms with E-state index in [9.17, 15) is 0 Å². The van der Waals surface area contributed by atoms with Gasteiger partial charge in [-0.15, -0.1) is 0 Å². The van der Waals surface area contributed by atoms with Gasteiger partial charge in [0.15, 0.2) is 0 Å². The van der Waals surface area contributed by atoms with Crippen LogP contribution < -0.4 is 5.32 Å². The first kappa shape index (κ1) is 15.8. The van der Waals surface area contributed by atoms with Crippen LogP contribution in [0, 0.1) is 17.8 Å². The van der Waals surface area contributed by atoms with Crippen LogP contribution in [0.25, 0.3) is 0 Å². The molecule has 3 rings (SSSR count). The van der Waals surface area contributed by atoms with Gasteiger partial charge in [-0.25, -0.2) is 0 Å². The van der Waals surface area contributed by atoms with Crippen LogP contribution in [0.4, 0.5) is 0 Å². The molecule has 0 aromatic heterocycles. The van der Waals surface area contributed by atoms with Gasteiger partial charge >= 0.3 is 0 Å². The Morgan fingerprint density at radius 3 is 2.67 bits per heavy atom. The van der Waals surface area contributed by atoms with Crippen molar-refractivity contribution in [3.05, 3.63) is 0 Å². The molecule has 21 heavy (non-hydrogen) atoms. The third-order valence-corrected chi connectivity index (χ3v) is 6.56. The molecule has 3 fully saturated rings. The summed E-state index contributed by atoms with van der Waals surface area (Å²) in [5.41, 5.74) is 0. The summed E-state index contributed by atoms with van der Waals surface area (Å²) < 4.78 is 0. The van der Waals surface area contributed by atoms with Crippen molar-refractivity contribution in [1.82, 2.24) is 15.1 Å². The SMILES string of the molecule is CNC1CC(C)CC(C)C1CN1CC2CCCN2CC1C. The standard InChI is InChI=1S/C18H35N3/c1-13-8-14(2)17(18(9-13)19-4)12-21-11-16-6-5-7-20(16)10-15(21)3/h13-19H,5-12H2,1-4H3. The van der Waals surface area contributed by atoms with Gasteiger partial charge in [-0.05, 0) is 64.0 Å². The lowest BCUT2D eigenvalue weighted by Gasteiger charge is -2.47. The third kappa shape index (κ3) is 3.30. The molecule has 6 unspecified atom stereocenters. The maximum absolute atomic E-state index is 3.63. The molecule has 1 saturated carbocycles. The fraction of sp³-hybridized carbons (Fsp3) is 1.00. The lowest BCUT2D eigenvalue weighted by molar-refractivity contribution is 0.0227. The summed E-state index contributed by atoms with van der Waals surface area (Å²) in [4.78, 5) is 5.55. The molecule has 2 aliphatic heterocycles. The summed E-state index contributed by atoms with van der Waals surface area (Å²) in [5.74, 6) is 2.58. The van der Waals surface area contributed by atoms with Crippen molar-refractivity contribution in [2.24, 2.45) is 17.8 Å². The van der Waals surface area contributed by atoms with E-state index < -0.39 is 0 Å². The summed E-state index contributed by atoms with van der Waals surface area (Å²) in [6.45, 7) is 12.6. The summed E-state index contributed by atoms with van der Waals surface area (Å²) in [6, 6.07) is 2.31. The third-order valence-electron chi connectivity index (χ3n) is 6.56. The van der Waals surface area contributed by atoms with Crippen molar-refractivity contribution in [1.29, 1.82) is 0 Å². The Kier molecular flexibility index (Phi) is 4.92. The summed E-state index contributed by atoms with van der Waals surface area (Å²) >= 11 is 0. The second-order valence-corrected chi connectivity index (χ2v) is 8.21. The first-order chi connectivity index (χ1) is 10.1. The topological polar surface area (TPSA) is 18.5 Å². The van der Waals surface area contributed by atoms with E-state index in [1.54, 1.807) is 0 Å². The quantitative estimate of drug-likeness (QED) is 0.862. The molecule has 122 valence electrons. The Bertz CT molecular complexity index is 345. The predicted molar refractivity (Wildman–Crippen MR) is 89.5 cm³/mol. The minimum atomic E-state index is 0.720. The number of nitrogens with zero attached hydrogens (tertiary/aromatic N) is 2. The van der Waals surface area contributed by atoms with Crippen molar-refractivity contribution in [2.45, 2.75) is 64.6 Å². The molecular weight excluding hydrogens is 258 g/mol. The van der Waals surface area contributed by atoms with Gasteiger partial charge in [-0.1, -0.05) is 13.8 Å². The molecule has 3 aliphatic rings. The Balaban J connectivity index is 1.64. The summed E-state index contributed by atoms with van der Waals surface area (Å²) in [7, 11) is 2.17. The van der Waals surface area contributed by atoms with Gasteiger partial charge in [0.25, 0.3) is 0 Å². The minimum Gasteiger partial charge on any atom is -0.317 e. The van der Waals surface area contributed by atoms with Crippen LogP contribution >= 0.6 is 0 Å². The molecular formula is C18H35N3. The van der Waals surface area contributed by atoms with Gasteiger partial charge in [-0.3, -0.25) is 9.80 Å². The van der Waals surface area contributed by atoms with E-state index in [0.29, 0.717) is 0 Å². The van der Waals surface area contributed by atoms with Crippen LogP contribution in [0.2, 0.25) is 0 Å². The van der Waals surface area contributed by atoms with E-state index in [2.05, 4.69) is 42.9 Å². The Hall–Kier alpha value is -0.120. The van der Waals surface area contributed by atoms with E-state index in [4.69, 9.17) is 0 Å². The molecule has 1 aliphatic carbocycles. The molecule has 2 heterocycles. The van der Waals surface area contributed by atoms with Gasteiger partial charge in [-0.2, -0.15) is 0 Å². The first-order valence-corrected chi connectivity index (χ1v) is 9.23. The van der Waals surface area contributed by atoms with Crippen LogP contribution in [0.15, 0.2) is 0 Å². The van der Waals surface area contributed by atoms with Crippen molar-refractivity contribution < 1.29 is 0 Å². The number of hydrogen-bond acceptors (Lipinski definition) is 3. The number of piperazine rings is 1. The monoisotopic (exact) mass is 293 g/mol. The fourth-order valence-electron chi connectivity index (χ4n) is 5.32. The zero-order valence-electron chi connectivity index (χ0n) is 14.5. The van der Waals surface area contributed by atoms with Crippen molar-refractivity contribution >= 4 is 0 Å². The average molecular weight is 293 g/mol. The molecule has 0 amide bonds. The molecule has 1 N–H and O–H groups in total. The van der Waals surface area contributed by atoms with E-state index in [1.165, 1.54) is 51.9 Å². The maximum Gasteiger partial charge on any atom is 0.0224 e. The predicted octanol–water partition coefficient (Wildman–Crippen LogP) is 2.43. The van der Waals surface area contributed by atoms with Crippen molar-refractivity contribution in [3.63, 3.8) is 0 Å². The molecule has 6 atom stereocenters. The second kappa shape index (κ2) is 6.55. The van der Waals surface area contributed by atoms with Crippen LogP contribution in [-0.4, -0.2) is 61.2 Å². The van der Waals surface area contributed by atoms with Gasteiger partial charge in [0.05, 0.1) is 0 Å². The Morgan fingerprint density at radius 1 is 1.10 bits per heavy atom. The Labute approximate surface area is 131 Å². The molecule has 3 heteroatoms. The lowest BCUT2D eigenvalue weighted by atomic mass is 9.72.